The lowest BCUT2D eigenvalue weighted by atomic mass is 10.1. The van der Waals surface area contributed by atoms with Crippen LogP contribution in [0.3, 0.4) is 0 Å². The van der Waals surface area contributed by atoms with E-state index in [1.165, 1.54) is 5.69 Å². The Kier molecular flexibility index (Phi) is 5.48. The summed E-state index contributed by atoms with van der Waals surface area (Å²) in [4.78, 5) is 13.1. The van der Waals surface area contributed by atoms with Crippen molar-refractivity contribution in [2.75, 3.05) is 24.5 Å². The minimum Gasteiger partial charge on any atom is -0.371 e. The summed E-state index contributed by atoms with van der Waals surface area (Å²) in [6.45, 7) is 3.47. The zero-order valence-corrected chi connectivity index (χ0v) is 14.9. The Hall–Kier alpha value is -1.92. The van der Waals surface area contributed by atoms with Gasteiger partial charge in [0, 0.05) is 48.0 Å². The van der Waals surface area contributed by atoms with Crippen molar-refractivity contribution in [2.45, 2.75) is 13.0 Å². The Labute approximate surface area is 150 Å². The van der Waals surface area contributed by atoms with Crippen LogP contribution in [0.4, 0.5) is 11.4 Å². The lowest BCUT2D eigenvalue weighted by Crippen LogP contribution is -2.26. The van der Waals surface area contributed by atoms with Crippen molar-refractivity contribution in [3.63, 3.8) is 0 Å². The van der Waals surface area contributed by atoms with Gasteiger partial charge in [-0.25, -0.2) is 0 Å². The Morgan fingerprint density at radius 2 is 2.08 bits per heavy atom. The third-order valence-electron chi connectivity index (χ3n) is 4.40. The standard InChI is InChI=1S/C18H20BrN3O2/c19-16-5-3-6-17(10-16)21-9-8-14(13-21)11-20-12-15-4-1-2-7-18(15)22(23)24/h1-7,10,14,20H,8-9,11-13H2. The maximum atomic E-state index is 11.0. The zero-order chi connectivity index (χ0) is 16.9. The summed E-state index contributed by atoms with van der Waals surface area (Å²) in [6, 6.07) is 15.3. The SMILES string of the molecule is O=[N+]([O-])c1ccccc1CNCC1CCN(c2cccc(Br)c2)C1. The summed E-state index contributed by atoms with van der Waals surface area (Å²) in [7, 11) is 0. The van der Waals surface area contributed by atoms with Gasteiger partial charge in [-0.3, -0.25) is 10.1 Å². The number of hydrogen-bond acceptors (Lipinski definition) is 4. The maximum Gasteiger partial charge on any atom is 0.273 e. The molecule has 1 unspecified atom stereocenters. The van der Waals surface area contributed by atoms with Gasteiger partial charge in [0.25, 0.3) is 5.69 Å². The van der Waals surface area contributed by atoms with Crippen LogP contribution in [-0.4, -0.2) is 24.6 Å². The molecule has 0 spiro atoms. The molecule has 1 N–H and O–H groups in total. The number of rotatable bonds is 6. The van der Waals surface area contributed by atoms with E-state index in [9.17, 15) is 10.1 Å². The van der Waals surface area contributed by atoms with Crippen LogP contribution in [0.5, 0.6) is 0 Å². The van der Waals surface area contributed by atoms with Gasteiger partial charge in [0.1, 0.15) is 0 Å². The number of nitro groups is 1. The molecule has 24 heavy (non-hydrogen) atoms. The zero-order valence-electron chi connectivity index (χ0n) is 13.3. The molecule has 2 aromatic carbocycles. The van der Waals surface area contributed by atoms with Gasteiger partial charge in [0.15, 0.2) is 0 Å². The molecule has 2 aromatic rings. The molecular weight excluding hydrogens is 370 g/mol. The molecule has 0 bridgehead atoms. The first-order valence-electron chi connectivity index (χ1n) is 8.07. The van der Waals surface area contributed by atoms with Crippen LogP contribution in [0, 0.1) is 16.0 Å². The average molecular weight is 390 g/mol. The minimum atomic E-state index is -0.318. The number of para-hydroxylation sites is 1. The predicted molar refractivity (Wildman–Crippen MR) is 99.3 cm³/mol. The van der Waals surface area contributed by atoms with Crippen molar-refractivity contribution in [3.8, 4) is 0 Å². The molecule has 1 saturated heterocycles. The minimum absolute atomic E-state index is 0.187. The van der Waals surface area contributed by atoms with Crippen molar-refractivity contribution in [1.29, 1.82) is 0 Å². The van der Waals surface area contributed by atoms with Gasteiger partial charge >= 0.3 is 0 Å². The van der Waals surface area contributed by atoms with E-state index in [1.54, 1.807) is 12.1 Å². The van der Waals surface area contributed by atoms with E-state index < -0.39 is 0 Å². The summed E-state index contributed by atoms with van der Waals surface area (Å²) in [5.74, 6) is 0.562. The fourth-order valence-electron chi connectivity index (χ4n) is 3.16. The molecule has 0 saturated carbocycles. The van der Waals surface area contributed by atoms with E-state index in [0.717, 1.165) is 36.1 Å². The molecule has 3 rings (SSSR count). The van der Waals surface area contributed by atoms with Crippen LogP contribution in [0.2, 0.25) is 0 Å². The number of anilines is 1. The van der Waals surface area contributed by atoms with Gasteiger partial charge < -0.3 is 10.2 Å². The average Bonchev–Trinajstić information content (AvgIpc) is 3.04. The highest BCUT2D eigenvalue weighted by Gasteiger charge is 2.22. The third kappa shape index (κ3) is 4.13. The van der Waals surface area contributed by atoms with Gasteiger partial charge in [-0.05, 0) is 30.5 Å². The smallest absolute Gasteiger partial charge is 0.273 e. The molecule has 1 aliphatic heterocycles. The monoisotopic (exact) mass is 389 g/mol. The van der Waals surface area contributed by atoms with Crippen molar-refractivity contribution in [3.05, 3.63) is 68.7 Å². The van der Waals surface area contributed by atoms with Crippen molar-refractivity contribution >= 4 is 27.3 Å². The number of nitrogens with one attached hydrogen (secondary N) is 1. The van der Waals surface area contributed by atoms with E-state index in [4.69, 9.17) is 0 Å². The molecular formula is C18H20BrN3O2. The van der Waals surface area contributed by atoms with Crippen molar-refractivity contribution in [2.24, 2.45) is 5.92 Å². The fraction of sp³-hybridized carbons (Fsp3) is 0.333. The van der Waals surface area contributed by atoms with Crippen LogP contribution >= 0.6 is 15.9 Å². The molecule has 1 atom stereocenters. The second-order valence-corrected chi connectivity index (χ2v) is 7.01. The molecule has 0 radical (unpaired) electrons. The number of hydrogen-bond donors (Lipinski definition) is 1. The van der Waals surface area contributed by atoms with E-state index >= 15 is 0 Å². The molecule has 126 valence electrons. The molecule has 5 nitrogen and oxygen atoms in total. The number of halogens is 1. The second-order valence-electron chi connectivity index (χ2n) is 6.10. The van der Waals surface area contributed by atoms with E-state index in [2.05, 4.69) is 44.3 Å². The largest absolute Gasteiger partial charge is 0.371 e. The maximum absolute atomic E-state index is 11.0. The van der Waals surface area contributed by atoms with Gasteiger partial charge in [-0.2, -0.15) is 0 Å². The second kappa shape index (κ2) is 7.77. The van der Waals surface area contributed by atoms with Gasteiger partial charge in [-0.1, -0.05) is 40.2 Å². The van der Waals surface area contributed by atoms with Crippen LogP contribution < -0.4 is 10.2 Å². The number of benzene rings is 2. The Morgan fingerprint density at radius 3 is 2.88 bits per heavy atom. The highest BCUT2D eigenvalue weighted by atomic mass is 79.9. The first-order valence-corrected chi connectivity index (χ1v) is 8.86. The molecule has 1 aliphatic rings. The summed E-state index contributed by atoms with van der Waals surface area (Å²) in [5, 5.41) is 14.4. The Balaban J connectivity index is 1.51. The Bertz CT molecular complexity index is 723. The molecule has 1 heterocycles. The normalized spacial score (nSPS) is 17.2. The first kappa shape index (κ1) is 16.9. The van der Waals surface area contributed by atoms with E-state index in [1.807, 2.05) is 18.2 Å². The van der Waals surface area contributed by atoms with Crippen molar-refractivity contribution in [1.82, 2.24) is 5.32 Å². The molecule has 0 aliphatic carbocycles. The van der Waals surface area contributed by atoms with Crippen LogP contribution in [-0.2, 0) is 6.54 Å². The Morgan fingerprint density at radius 1 is 1.25 bits per heavy atom. The first-order chi connectivity index (χ1) is 11.6. The summed E-state index contributed by atoms with van der Waals surface area (Å²) in [5.41, 5.74) is 2.17. The van der Waals surface area contributed by atoms with Crippen LogP contribution in [0.1, 0.15) is 12.0 Å². The summed E-state index contributed by atoms with van der Waals surface area (Å²) >= 11 is 3.52. The lowest BCUT2D eigenvalue weighted by Gasteiger charge is -2.19. The van der Waals surface area contributed by atoms with E-state index in [-0.39, 0.29) is 10.6 Å². The van der Waals surface area contributed by atoms with Gasteiger partial charge in [-0.15, -0.1) is 0 Å². The lowest BCUT2D eigenvalue weighted by molar-refractivity contribution is -0.385. The van der Waals surface area contributed by atoms with E-state index in [0.29, 0.717) is 12.5 Å². The quantitative estimate of drug-likeness (QED) is 0.599. The molecule has 1 fully saturated rings. The topological polar surface area (TPSA) is 58.4 Å². The van der Waals surface area contributed by atoms with Gasteiger partial charge in [0.2, 0.25) is 0 Å². The number of nitrogens with zero attached hydrogens (tertiary/aromatic N) is 2. The van der Waals surface area contributed by atoms with Crippen LogP contribution in [0.15, 0.2) is 53.0 Å². The highest BCUT2D eigenvalue weighted by Crippen LogP contribution is 2.26. The summed E-state index contributed by atoms with van der Waals surface area (Å²) in [6.07, 6.45) is 1.14. The molecule has 0 amide bonds. The third-order valence-corrected chi connectivity index (χ3v) is 4.89. The van der Waals surface area contributed by atoms with Gasteiger partial charge in [0.05, 0.1) is 4.92 Å². The molecule has 6 heteroatoms. The predicted octanol–water partition coefficient (Wildman–Crippen LogP) is 3.97. The highest BCUT2D eigenvalue weighted by molar-refractivity contribution is 9.10. The van der Waals surface area contributed by atoms with Crippen molar-refractivity contribution < 1.29 is 4.92 Å². The van der Waals surface area contributed by atoms with Crippen LogP contribution in [0.25, 0.3) is 0 Å². The molecule has 0 aromatic heterocycles. The fourth-order valence-corrected chi connectivity index (χ4v) is 3.54. The number of nitro benzene ring substituents is 1. The summed E-state index contributed by atoms with van der Waals surface area (Å²) < 4.78 is 1.10.